The highest BCUT2D eigenvalue weighted by Crippen LogP contribution is 2.55. The van der Waals surface area contributed by atoms with Crippen LogP contribution >= 0.6 is 0 Å². The Hall–Kier alpha value is -2.66. The first kappa shape index (κ1) is 26.0. The van der Waals surface area contributed by atoms with E-state index >= 15 is 0 Å². The van der Waals surface area contributed by atoms with Crippen LogP contribution in [-0.2, 0) is 19.6 Å². The molecule has 202 valence electrons. The SMILES string of the molecule is CN(C)S(=O)(=O)c1ccc(N2CCCC2)c(C(=O)OCC(=O)NC(=O)NC23CC4CC(CC(C4)C2)C3)c1. The molecule has 2 N–H and O–H groups in total. The lowest BCUT2D eigenvalue weighted by Crippen LogP contribution is -2.62. The number of ether oxygens (including phenoxy) is 1. The normalized spacial score (nSPS) is 28.4. The molecule has 37 heavy (non-hydrogen) atoms. The number of benzene rings is 1. The van der Waals surface area contributed by atoms with Crippen LogP contribution in [0.15, 0.2) is 23.1 Å². The molecule has 0 aromatic heterocycles. The largest absolute Gasteiger partial charge is 0.452 e. The Bertz CT molecular complexity index is 1160. The molecule has 3 amide bonds. The number of carbonyl (C=O) groups excluding carboxylic acids is 3. The van der Waals surface area contributed by atoms with Crippen molar-refractivity contribution in [1.29, 1.82) is 0 Å². The van der Waals surface area contributed by atoms with Gasteiger partial charge in [0.15, 0.2) is 6.61 Å². The summed E-state index contributed by atoms with van der Waals surface area (Å²) in [6.45, 7) is 0.841. The zero-order valence-electron chi connectivity index (χ0n) is 21.5. The van der Waals surface area contributed by atoms with E-state index in [1.54, 1.807) is 6.07 Å². The van der Waals surface area contributed by atoms with Crippen molar-refractivity contribution >= 4 is 33.6 Å². The molecule has 0 atom stereocenters. The predicted octanol–water partition coefficient (Wildman–Crippen LogP) is 2.49. The third-order valence-corrected chi connectivity index (χ3v) is 10.2. The van der Waals surface area contributed by atoms with Crippen molar-refractivity contribution < 1.29 is 27.5 Å². The average molecular weight is 533 g/mol. The summed E-state index contributed by atoms with van der Waals surface area (Å²) in [5, 5.41) is 5.37. The van der Waals surface area contributed by atoms with Crippen molar-refractivity contribution in [3.63, 3.8) is 0 Å². The number of hydrogen-bond donors (Lipinski definition) is 2. The molecule has 0 spiro atoms. The Morgan fingerprint density at radius 3 is 2.19 bits per heavy atom. The third kappa shape index (κ3) is 5.34. The Morgan fingerprint density at radius 2 is 1.62 bits per heavy atom. The van der Waals surface area contributed by atoms with Crippen molar-refractivity contribution in [3.05, 3.63) is 23.8 Å². The fraction of sp³-hybridized carbons (Fsp3) is 0.654. The number of urea groups is 1. The lowest BCUT2D eigenvalue weighted by atomic mass is 9.53. The van der Waals surface area contributed by atoms with E-state index in [4.69, 9.17) is 4.74 Å². The molecule has 5 aliphatic rings. The number of amides is 3. The summed E-state index contributed by atoms with van der Waals surface area (Å²) in [5.41, 5.74) is 0.412. The van der Waals surface area contributed by atoms with Gasteiger partial charge in [-0.05, 0) is 87.3 Å². The van der Waals surface area contributed by atoms with E-state index in [9.17, 15) is 22.8 Å². The summed E-state index contributed by atoms with van der Waals surface area (Å²) in [4.78, 5) is 40.1. The minimum absolute atomic E-state index is 0.0354. The zero-order valence-corrected chi connectivity index (χ0v) is 22.3. The molecule has 11 heteroatoms. The van der Waals surface area contributed by atoms with E-state index in [0.29, 0.717) is 23.4 Å². The van der Waals surface area contributed by atoms with Gasteiger partial charge in [-0.2, -0.15) is 0 Å². The Balaban J connectivity index is 1.22. The molecule has 0 unspecified atom stereocenters. The number of nitrogens with zero attached hydrogens (tertiary/aromatic N) is 2. The van der Waals surface area contributed by atoms with E-state index in [1.807, 2.05) is 4.90 Å². The fourth-order valence-electron chi connectivity index (χ4n) is 7.19. The van der Waals surface area contributed by atoms with Gasteiger partial charge in [-0.3, -0.25) is 10.1 Å². The molecule has 4 bridgehead atoms. The molecule has 1 heterocycles. The summed E-state index contributed by atoms with van der Waals surface area (Å²) in [5.74, 6) is 0.421. The number of esters is 1. The third-order valence-electron chi connectivity index (χ3n) is 8.42. The second kappa shape index (κ2) is 9.90. The van der Waals surface area contributed by atoms with Crippen molar-refractivity contribution in [2.24, 2.45) is 17.8 Å². The van der Waals surface area contributed by atoms with Gasteiger partial charge in [0.2, 0.25) is 10.0 Å². The zero-order chi connectivity index (χ0) is 26.4. The molecule has 0 radical (unpaired) electrons. The highest BCUT2D eigenvalue weighted by molar-refractivity contribution is 7.89. The average Bonchev–Trinajstić information content (AvgIpc) is 3.35. The maximum Gasteiger partial charge on any atom is 0.340 e. The van der Waals surface area contributed by atoms with Crippen LogP contribution < -0.4 is 15.5 Å². The first-order valence-electron chi connectivity index (χ1n) is 13.2. The lowest BCUT2D eigenvalue weighted by Gasteiger charge is -2.56. The van der Waals surface area contributed by atoms with Crippen LogP contribution in [0.25, 0.3) is 0 Å². The van der Waals surface area contributed by atoms with Crippen LogP contribution in [0, 0.1) is 17.8 Å². The molecular weight excluding hydrogens is 496 g/mol. The van der Waals surface area contributed by atoms with Gasteiger partial charge in [-0.25, -0.2) is 22.3 Å². The quantitative estimate of drug-likeness (QED) is 0.517. The standard InChI is InChI=1S/C26H36N4O6S/c1-29(2)37(34,35)20-5-6-22(30-7-3-4-8-30)21(12-20)24(32)36-16-23(31)27-25(33)28-26-13-17-9-18(14-26)11-19(10-17)15-26/h5-6,12,17-19H,3-4,7-11,13-16H2,1-2H3,(H2,27,28,31,33). The van der Waals surface area contributed by atoms with Gasteiger partial charge in [0.05, 0.1) is 16.1 Å². The van der Waals surface area contributed by atoms with Crippen LogP contribution in [0.2, 0.25) is 0 Å². The van der Waals surface area contributed by atoms with Gasteiger partial charge in [-0.1, -0.05) is 0 Å². The van der Waals surface area contributed by atoms with Gasteiger partial charge >= 0.3 is 12.0 Å². The summed E-state index contributed by atoms with van der Waals surface area (Å²) in [7, 11) is -0.934. The van der Waals surface area contributed by atoms with E-state index in [-0.39, 0.29) is 16.0 Å². The fourth-order valence-corrected chi connectivity index (χ4v) is 8.12. The summed E-state index contributed by atoms with van der Waals surface area (Å²) in [6, 6.07) is 3.82. The smallest absolute Gasteiger partial charge is 0.340 e. The lowest BCUT2D eigenvalue weighted by molar-refractivity contribution is -0.123. The highest BCUT2D eigenvalue weighted by atomic mass is 32.2. The molecule has 4 saturated carbocycles. The topological polar surface area (TPSA) is 125 Å². The molecule has 4 aliphatic carbocycles. The second-order valence-corrected chi connectivity index (χ2v) is 13.6. The molecule has 1 aromatic rings. The van der Waals surface area contributed by atoms with Crippen molar-refractivity contribution in [2.45, 2.75) is 61.8 Å². The highest BCUT2D eigenvalue weighted by Gasteiger charge is 2.51. The van der Waals surface area contributed by atoms with E-state index < -0.39 is 34.5 Å². The number of anilines is 1. The summed E-state index contributed by atoms with van der Waals surface area (Å²) >= 11 is 0. The van der Waals surface area contributed by atoms with E-state index in [0.717, 1.165) is 49.5 Å². The van der Waals surface area contributed by atoms with Crippen LogP contribution in [0.1, 0.15) is 61.7 Å². The van der Waals surface area contributed by atoms with Crippen molar-refractivity contribution in [1.82, 2.24) is 14.9 Å². The number of hydrogen-bond acceptors (Lipinski definition) is 7. The Kier molecular flexibility index (Phi) is 6.95. The molecule has 5 fully saturated rings. The van der Waals surface area contributed by atoms with Gasteiger partial charge in [0, 0.05) is 32.7 Å². The molecule has 6 rings (SSSR count). The first-order chi connectivity index (χ1) is 17.5. The monoisotopic (exact) mass is 532 g/mol. The number of imide groups is 1. The van der Waals surface area contributed by atoms with Gasteiger partial charge in [-0.15, -0.1) is 0 Å². The molecule has 1 aliphatic heterocycles. The molecule has 1 aromatic carbocycles. The first-order valence-corrected chi connectivity index (χ1v) is 14.6. The second-order valence-electron chi connectivity index (χ2n) is 11.4. The molecule has 10 nitrogen and oxygen atoms in total. The molecular formula is C26H36N4O6S. The van der Waals surface area contributed by atoms with Crippen molar-refractivity contribution in [3.8, 4) is 0 Å². The van der Waals surface area contributed by atoms with Crippen LogP contribution in [0.5, 0.6) is 0 Å². The molecule has 1 saturated heterocycles. The van der Waals surface area contributed by atoms with E-state index in [2.05, 4.69) is 10.6 Å². The Morgan fingerprint density at radius 1 is 1.03 bits per heavy atom. The Labute approximate surface area is 218 Å². The number of nitrogens with one attached hydrogen (secondary N) is 2. The number of rotatable bonds is 7. The predicted molar refractivity (Wildman–Crippen MR) is 137 cm³/mol. The summed E-state index contributed by atoms with van der Waals surface area (Å²) in [6.07, 6.45) is 8.54. The maximum atomic E-state index is 13.0. The van der Waals surface area contributed by atoms with Crippen molar-refractivity contribution in [2.75, 3.05) is 38.7 Å². The van der Waals surface area contributed by atoms with Gasteiger partial charge in [0.1, 0.15) is 0 Å². The van der Waals surface area contributed by atoms with Crippen LogP contribution in [-0.4, -0.2) is 70.0 Å². The van der Waals surface area contributed by atoms with Crippen LogP contribution in [0.4, 0.5) is 10.5 Å². The van der Waals surface area contributed by atoms with Gasteiger partial charge < -0.3 is 15.0 Å². The minimum atomic E-state index is -3.77. The number of sulfonamides is 1. The van der Waals surface area contributed by atoms with E-state index in [1.165, 1.54) is 45.5 Å². The van der Waals surface area contributed by atoms with Crippen LogP contribution in [0.3, 0.4) is 0 Å². The number of carbonyl (C=O) groups is 3. The summed E-state index contributed by atoms with van der Waals surface area (Å²) < 4.78 is 31.6. The minimum Gasteiger partial charge on any atom is -0.452 e. The van der Waals surface area contributed by atoms with Gasteiger partial charge in [0.25, 0.3) is 5.91 Å². The maximum absolute atomic E-state index is 13.0.